The summed E-state index contributed by atoms with van der Waals surface area (Å²) in [6.07, 6.45) is 4.68. The molecule has 0 bridgehead atoms. The van der Waals surface area contributed by atoms with Gasteiger partial charge in [-0.25, -0.2) is 4.98 Å². The van der Waals surface area contributed by atoms with Crippen molar-refractivity contribution in [3.8, 4) is 6.07 Å². The van der Waals surface area contributed by atoms with E-state index in [1.54, 1.807) is 12.1 Å². The van der Waals surface area contributed by atoms with Crippen LogP contribution in [0.1, 0.15) is 46.8 Å². The molecule has 0 radical (unpaired) electrons. The molecule has 2 aliphatic rings. The van der Waals surface area contributed by atoms with E-state index in [1.165, 1.54) is 11.8 Å². The zero-order chi connectivity index (χ0) is 18.9. The molecular weight excluding hydrogens is 336 g/mol. The lowest BCUT2D eigenvalue weighted by atomic mass is 9.81. The number of hydrogen-bond donors (Lipinski definition) is 0. The molecular formula is C22H24N4O. The number of aromatic nitrogens is 1. The van der Waals surface area contributed by atoms with Crippen LogP contribution in [-0.2, 0) is 0 Å². The fraction of sp³-hybridized carbons (Fsp3) is 0.409. The van der Waals surface area contributed by atoms with Gasteiger partial charge in [-0.1, -0.05) is 30.3 Å². The molecule has 1 aromatic heterocycles. The molecule has 2 aliphatic heterocycles. The summed E-state index contributed by atoms with van der Waals surface area (Å²) in [4.78, 5) is 21.2. The second-order valence-electron chi connectivity index (χ2n) is 7.75. The highest BCUT2D eigenvalue weighted by Gasteiger charge is 2.46. The fourth-order valence-corrected chi connectivity index (χ4v) is 4.63. The van der Waals surface area contributed by atoms with E-state index in [0.717, 1.165) is 38.9 Å². The van der Waals surface area contributed by atoms with E-state index in [4.69, 9.17) is 5.26 Å². The van der Waals surface area contributed by atoms with Crippen LogP contribution >= 0.6 is 0 Å². The molecule has 4 rings (SSSR count). The van der Waals surface area contributed by atoms with Gasteiger partial charge in [0.25, 0.3) is 5.91 Å². The summed E-state index contributed by atoms with van der Waals surface area (Å²) >= 11 is 0. The van der Waals surface area contributed by atoms with Crippen molar-refractivity contribution in [1.82, 2.24) is 14.8 Å². The average molecular weight is 360 g/mol. The van der Waals surface area contributed by atoms with Crippen molar-refractivity contribution in [2.75, 3.05) is 26.7 Å². The van der Waals surface area contributed by atoms with Crippen LogP contribution in [0.5, 0.6) is 0 Å². The molecule has 2 aromatic rings. The van der Waals surface area contributed by atoms with Crippen LogP contribution in [-0.4, -0.2) is 52.9 Å². The smallest absolute Gasteiger partial charge is 0.255 e. The Kier molecular flexibility index (Phi) is 4.67. The minimum absolute atomic E-state index is 0.0158. The van der Waals surface area contributed by atoms with E-state index < -0.39 is 0 Å². The predicted molar refractivity (Wildman–Crippen MR) is 103 cm³/mol. The Bertz CT molecular complexity index is 848. The Balaban J connectivity index is 1.42. The first kappa shape index (κ1) is 17.7. The van der Waals surface area contributed by atoms with Gasteiger partial charge in [-0.2, -0.15) is 5.26 Å². The van der Waals surface area contributed by atoms with Gasteiger partial charge in [0.2, 0.25) is 0 Å². The molecule has 1 aromatic carbocycles. The van der Waals surface area contributed by atoms with Crippen LogP contribution in [0.4, 0.5) is 0 Å². The van der Waals surface area contributed by atoms with Gasteiger partial charge in [-0.3, -0.25) is 9.69 Å². The van der Waals surface area contributed by atoms with Gasteiger partial charge in [-0.05, 0) is 49.9 Å². The number of carbonyl (C=O) groups excluding carboxylic acids is 1. The molecule has 5 heteroatoms. The lowest BCUT2D eigenvalue weighted by Gasteiger charge is -2.43. The largest absolute Gasteiger partial charge is 0.338 e. The Hall–Kier alpha value is -2.71. The zero-order valence-corrected chi connectivity index (χ0v) is 15.6. The van der Waals surface area contributed by atoms with Crippen molar-refractivity contribution >= 4 is 5.91 Å². The molecule has 0 saturated carbocycles. The van der Waals surface area contributed by atoms with Crippen LogP contribution < -0.4 is 0 Å². The van der Waals surface area contributed by atoms with Crippen LogP contribution in [0.15, 0.2) is 48.7 Å². The topological polar surface area (TPSA) is 60.2 Å². The van der Waals surface area contributed by atoms with Gasteiger partial charge in [0.1, 0.15) is 11.8 Å². The second-order valence-corrected chi connectivity index (χ2v) is 7.75. The number of carbonyl (C=O) groups is 1. The van der Waals surface area contributed by atoms with Crippen molar-refractivity contribution in [3.05, 3.63) is 65.5 Å². The second kappa shape index (κ2) is 7.13. The minimum Gasteiger partial charge on any atom is -0.338 e. The Morgan fingerprint density at radius 2 is 1.93 bits per heavy atom. The summed E-state index contributed by atoms with van der Waals surface area (Å²) in [6, 6.07) is 16.1. The Morgan fingerprint density at radius 3 is 2.56 bits per heavy atom. The number of hydrogen-bond acceptors (Lipinski definition) is 4. The predicted octanol–water partition coefficient (Wildman–Crippen LogP) is 3.05. The molecule has 0 N–H and O–H groups in total. The van der Waals surface area contributed by atoms with Crippen molar-refractivity contribution in [1.29, 1.82) is 5.26 Å². The molecule has 27 heavy (non-hydrogen) atoms. The van der Waals surface area contributed by atoms with Crippen LogP contribution in [0.2, 0.25) is 0 Å². The zero-order valence-electron chi connectivity index (χ0n) is 15.6. The molecule has 1 atom stereocenters. The Labute approximate surface area is 160 Å². The molecule has 1 spiro atoms. The summed E-state index contributed by atoms with van der Waals surface area (Å²) in [7, 11) is 2.23. The van der Waals surface area contributed by atoms with Gasteiger partial charge in [0, 0.05) is 31.4 Å². The monoisotopic (exact) mass is 360 g/mol. The number of benzene rings is 1. The van der Waals surface area contributed by atoms with Gasteiger partial charge in [0.15, 0.2) is 0 Å². The van der Waals surface area contributed by atoms with Gasteiger partial charge >= 0.3 is 0 Å². The van der Waals surface area contributed by atoms with Crippen molar-refractivity contribution < 1.29 is 4.79 Å². The van der Waals surface area contributed by atoms with E-state index in [0.29, 0.717) is 17.2 Å². The molecule has 138 valence electrons. The molecule has 0 aliphatic carbocycles. The summed E-state index contributed by atoms with van der Waals surface area (Å²) in [5.74, 6) is 0.586. The summed E-state index contributed by atoms with van der Waals surface area (Å²) in [6.45, 7) is 2.62. The van der Waals surface area contributed by atoms with Gasteiger partial charge in [0.05, 0.1) is 5.56 Å². The first-order chi connectivity index (χ1) is 13.1. The van der Waals surface area contributed by atoms with E-state index in [1.807, 2.05) is 11.0 Å². The lowest BCUT2D eigenvalue weighted by molar-refractivity contribution is 0.0492. The average Bonchev–Trinajstić information content (AvgIpc) is 3.05. The van der Waals surface area contributed by atoms with E-state index in [9.17, 15) is 4.79 Å². The highest BCUT2D eigenvalue weighted by Crippen LogP contribution is 2.44. The standard InChI is InChI=1S/C22H24N4O/c1-25-16-19(17-5-3-2-4-6-17)13-22(25)9-11-26(12-10-22)21(27)18-7-8-20(14-23)24-15-18/h2-8,15,19H,9-13,16H2,1H3/t19-/m1/s1. The van der Waals surface area contributed by atoms with E-state index >= 15 is 0 Å². The fourth-order valence-electron chi connectivity index (χ4n) is 4.63. The normalized spacial score (nSPS) is 21.9. The van der Waals surface area contributed by atoms with Crippen molar-refractivity contribution in [2.45, 2.75) is 30.7 Å². The van der Waals surface area contributed by atoms with E-state index in [2.05, 4.69) is 47.3 Å². The number of piperidine rings is 1. The number of rotatable bonds is 2. The SMILES string of the molecule is CN1C[C@H](c2ccccc2)CC12CCN(C(=O)c1ccc(C#N)nc1)CC2. The Morgan fingerprint density at radius 1 is 1.19 bits per heavy atom. The third-order valence-electron chi connectivity index (χ3n) is 6.31. The van der Waals surface area contributed by atoms with Crippen LogP contribution in [0, 0.1) is 11.3 Å². The maximum atomic E-state index is 12.8. The number of amides is 1. The highest BCUT2D eigenvalue weighted by atomic mass is 16.2. The third-order valence-corrected chi connectivity index (χ3v) is 6.31. The molecule has 2 fully saturated rings. The molecule has 0 unspecified atom stereocenters. The van der Waals surface area contributed by atoms with E-state index in [-0.39, 0.29) is 11.4 Å². The minimum atomic E-state index is 0.0158. The number of pyridine rings is 1. The molecule has 3 heterocycles. The number of likely N-dealkylation sites (tertiary alicyclic amines) is 2. The van der Waals surface area contributed by atoms with Crippen molar-refractivity contribution in [3.63, 3.8) is 0 Å². The number of nitriles is 1. The molecule has 5 nitrogen and oxygen atoms in total. The summed E-state index contributed by atoms with van der Waals surface area (Å²) < 4.78 is 0. The number of nitrogens with zero attached hydrogens (tertiary/aromatic N) is 4. The summed E-state index contributed by atoms with van der Waals surface area (Å²) in [5.41, 5.74) is 2.51. The highest BCUT2D eigenvalue weighted by molar-refractivity contribution is 5.94. The lowest BCUT2D eigenvalue weighted by Crippen LogP contribution is -2.52. The maximum absolute atomic E-state index is 12.8. The first-order valence-electron chi connectivity index (χ1n) is 9.53. The molecule has 1 amide bonds. The molecule has 2 saturated heterocycles. The van der Waals surface area contributed by atoms with Gasteiger partial charge in [-0.15, -0.1) is 0 Å². The summed E-state index contributed by atoms with van der Waals surface area (Å²) in [5, 5.41) is 8.85. The van der Waals surface area contributed by atoms with Gasteiger partial charge < -0.3 is 4.90 Å². The van der Waals surface area contributed by atoms with Crippen LogP contribution in [0.3, 0.4) is 0 Å². The third kappa shape index (κ3) is 3.33. The first-order valence-corrected chi connectivity index (χ1v) is 9.53. The quantitative estimate of drug-likeness (QED) is 0.826. The maximum Gasteiger partial charge on any atom is 0.255 e. The number of likely N-dealkylation sites (N-methyl/N-ethyl adjacent to an activating group) is 1. The van der Waals surface area contributed by atoms with Crippen LogP contribution in [0.25, 0.3) is 0 Å². The van der Waals surface area contributed by atoms with Crippen molar-refractivity contribution in [2.24, 2.45) is 0 Å².